The molecule has 0 aliphatic heterocycles. The van der Waals surface area contributed by atoms with Gasteiger partial charge in [-0.05, 0) is 30.7 Å². The second kappa shape index (κ2) is 6.26. The summed E-state index contributed by atoms with van der Waals surface area (Å²) in [6, 6.07) is 3.29. The molecule has 3 rings (SSSR count). The van der Waals surface area contributed by atoms with Gasteiger partial charge in [0, 0.05) is 29.7 Å². The number of nitrogens with two attached hydrogens (primary N) is 1. The van der Waals surface area contributed by atoms with Crippen LogP contribution in [0.5, 0.6) is 0 Å². The molecule has 0 spiro atoms. The fourth-order valence-corrected chi connectivity index (χ4v) is 2.57. The number of hydrogen-bond donors (Lipinski definition) is 1. The number of pyridine rings is 1. The van der Waals surface area contributed by atoms with Gasteiger partial charge in [0.2, 0.25) is 11.7 Å². The minimum atomic E-state index is -0.644. The monoisotopic (exact) mass is 350 g/mol. The zero-order valence-electron chi connectivity index (χ0n) is 12.8. The fourth-order valence-electron chi connectivity index (χ4n) is 2.36. The number of halogens is 3. The van der Waals surface area contributed by atoms with Gasteiger partial charge in [-0.1, -0.05) is 16.8 Å². The van der Waals surface area contributed by atoms with E-state index in [1.54, 1.807) is 13.8 Å². The van der Waals surface area contributed by atoms with Crippen LogP contribution in [0.2, 0.25) is 5.02 Å². The Kier molecular flexibility index (Phi) is 4.29. The molecule has 0 aliphatic carbocycles. The van der Waals surface area contributed by atoms with E-state index in [1.165, 1.54) is 18.3 Å². The summed E-state index contributed by atoms with van der Waals surface area (Å²) in [5.74, 6) is -0.900. The largest absolute Gasteiger partial charge is 0.339 e. The minimum absolute atomic E-state index is 0.0494. The third kappa shape index (κ3) is 3.00. The van der Waals surface area contributed by atoms with Crippen molar-refractivity contribution in [3.63, 3.8) is 0 Å². The molecular formula is C16H13ClF2N4O. The van der Waals surface area contributed by atoms with Crippen LogP contribution in [0.3, 0.4) is 0 Å². The molecule has 0 unspecified atom stereocenters. The van der Waals surface area contributed by atoms with Crippen molar-refractivity contribution >= 4 is 11.6 Å². The third-order valence-corrected chi connectivity index (χ3v) is 3.64. The number of hydrogen-bond acceptors (Lipinski definition) is 5. The molecule has 0 saturated carbocycles. The van der Waals surface area contributed by atoms with Gasteiger partial charge in [-0.2, -0.15) is 4.98 Å². The fraction of sp³-hybridized carbons (Fsp3) is 0.188. The van der Waals surface area contributed by atoms with Crippen molar-refractivity contribution in [1.82, 2.24) is 15.1 Å². The number of benzene rings is 1. The van der Waals surface area contributed by atoms with Crippen LogP contribution in [0.4, 0.5) is 8.78 Å². The molecule has 2 heterocycles. The molecular weight excluding hydrogens is 338 g/mol. The Morgan fingerprint density at radius 1 is 1.21 bits per heavy atom. The van der Waals surface area contributed by atoms with Gasteiger partial charge < -0.3 is 10.3 Å². The molecule has 5 nitrogen and oxygen atoms in total. The van der Waals surface area contributed by atoms with Crippen LogP contribution >= 0.6 is 11.6 Å². The van der Waals surface area contributed by atoms with Crippen molar-refractivity contribution < 1.29 is 13.3 Å². The van der Waals surface area contributed by atoms with Crippen LogP contribution in [-0.4, -0.2) is 15.1 Å². The molecule has 2 N–H and O–H groups in total. The molecule has 0 radical (unpaired) electrons. The van der Waals surface area contributed by atoms with Gasteiger partial charge in [0.05, 0.1) is 11.3 Å². The number of aryl methyl sites for hydroxylation is 1. The lowest BCUT2D eigenvalue weighted by Crippen LogP contribution is -2.10. The first-order valence-electron chi connectivity index (χ1n) is 7.08. The number of aromatic nitrogens is 3. The SMILES string of the molecule is Cc1nc(-c2c(F)cc(Cl)cc2-c2cnc([C@@H](C)N)c(F)c2)no1. The smallest absolute Gasteiger partial charge is 0.223 e. The van der Waals surface area contributed by atoms with E-state index in [0.29, 0.717) is 11.1 Å². The lowest BCUT2D eigenvalue weighted by atomic mass is 9.99. The zero-order valence-corrected chi connectivity index (χ0v) is 13.6. The summed E-state index contributed by atoms with van der Waals surface area (Å²) in [5.41, 5.74) is 6.48. The Morgan fingerprint density at radius 3 is 2.54 bits per heavy atom. The van der Waals surface area contributed by atoms with Gasteiger partial charge in [-0.3, -0.25) is 4.98 Å². The normalized spacial score (nSPS) is 12.4. The average molecular weight is 351 g/mol. The molecule has 124 valence electrons. The Morgan fingerprint density at radius 2 is 1.96 bits per heavy atom. The molecule has 1 atom stereocenters. The van der Waals surface area contributed by atoms with Gasteiger partial charge in [-0.15, -0.1) is 0 Å². The first-order valence-corrected chi connectivity index (χ1v) is 7.45. The lowest BCUT2D eigenvalue weighted by molar-refractivity contribution is 0.394. The van der Waals surface area contributed by atoms with Crippen LogP contribution in [-0.2, 0) is 0 Å². The van der Waals surface area contributed by atoms with Crippen molar-refractivity contribution in [3.05, 3.63) is 52.6 Å². The number of nitrogens with zero attached hydrogens (tertiary/aromatic N) is 3. The summed E-state index contributed by atoms with van der Waals surface area (Å²) in [5, 5.41) is 3.88. The first-order chi connectivity index (χ1) is 11.4. The zero-order chi connectivity index (χ0) is 17.4. The van der Waals surface area contributed by atoms with Gasteiger partial charge in [0.15, 0.2) is 0 Å². The summed E-state index contributed by atoms with van der Waals surface area (Å²) in [6.07, 6.45) is 1.41. The van der Waals surface area contributed by atoms with E-state index in [4.69, 9.17) is 21.9 Å². The van der Waals surface area contributed by atoms with Gasteiger partial charge in [-0.25, -0.2) is 8.78 Å². The maximum atomic E-state index is 14.5. The minimum Gasteiger partial charge on any atom is -0.339 e. The maximum Gasteiger partial charge on any atom is 0.223 e. The Labute approximate surface area is 141 Å². The predicted octanol–water partition coefficient (Wildman–Crippen LogP) is 4.06. The van der Waals surface area contributed by atoms with E-state index in [1.807, 2.05) is 0 Å². The van der Waals surface area contributed by atoms with E-state index < -0.39 is 17.7 Å². The van der Waals surface area contributed by atoms with E-state index in [-0.39, 0.29) is 28.0 Å². The van der Waals surface area contributed by atoms with Crippen LogP contribution in [0.1, 0.15) is 24.6 Å². The maximum absolute atomic E-state index is 14.5. The highest BCUT2D eigenvalue weighted by molar-refractivity contribution is 6.31. The summed E-state index contributed by atoms with van der Waals surface area (Å²) in [6.45, 7) is 3.21. The molecule has 0 aliphatic rings. The molecule has 0 bridgehead atoms. The van der Waals surface area contributed by atoms with E-state index in [2.05, 4.69) is 15.1 Å². The van der Waals surface area contributed by atoms with Gasteiger partial charge >= 0.3 is 0 Å². The second-order valence-electron chi connectivity index (χ2n) is 5.33. The molecule has 0 saturated heterocycles. The molecule has 2 aromatic heterocycles. The highest BCUT2D eigenvalue weighted by atomic mass is 35.5. The van der Waals surface area contributed by atoms with Crippen molar-refractivity contribution in [2.45, 2.75) is 19.9 Å². The van der Waals surface area contributed by atoms with E-state index >= 15 is 0 Å². The van der Waals surface area contributed by atoms with Crippen LogP contribution in [0.15, 0.2) is 28.9 Å². The van der Waals surface area contributed by atoms with E-state index in [0.717, 1.165) is 6.07 Å². The van der Waals surface area contributed by atoms with Gasteiger partial charge in [0.1, 0.15) is 11.6 Å². The molecule has 24 heavy (non-hydrogen) atoms. The molecule has 3 aromatic rings. The highest BCUT2D eigenvalue weighted by Gasteiger charge is 2.20. The Bertz CT molecular complexity index is 911. The van der Waals surface area contributed by atoms with Crippen molar-refractivity contribution in [3.8, 4) is 22.5 Å². The molecule has 8 heteroatoms. The quantitative estimate of drug-likeness (QED) is 0.770. The third-order valence-electron chi connectivity index (χ3n) is 3.42. The summed E-state index contributed by atoms with van der Waals surface area (Å²) in [4.78, 5) is 8.05. The van der Waals surface area contributed by atoms with Crippen molar-refractivity contribution in [2.75, 3.05) is 0 Å². The van der Waals surface area contributed by atoms with Crippen molar-refractivity contribution in [1.29, 1.82) is 0 Å². The summed E-state index contributed by atoms with van der Waals surface area (Å²) >= 11 is 5.95. The number of rotatable bonds is 3. The van der Waals surface area contributed by atoms with Crippen LogP contribution in [0, 0.1) is 18.6 Å². The molecule has 1 aromatic carbocycles. The first kappa shape index (κ1) is 16.5. The topological polar surface area (TPSA) is 77.8 Å². The van der Waals surface area contributed by atoms with Gasteiger partial charge in [0.25, 0.3) is 0 Å². The Balaban J connectivity index is 2.22. The Hall–Kier alpha value is -2.38. The highest BCUT2D eigenvalue weighted by Crippen LogP contribution is 2.35. The van der Waals surface area contributed by atoms with Crippen molar-refractivity contribution in [2.24, 2.45) is 5.73 Å². The summed E-state index contributed by atoms with van der Waals surface area (Å²) < 4.78 is 33.6. The standard InChI is InChI=1S/C16H13ClF2N4O/c1-7(20)15-13(19)3-9(6-21-15)11-4-10(17)5-12(18)14(11)16-22-8(2)24-23-16/h3-7H,20H2,1-2H3/t7-/m1/s1. The average Bonchev–Trinajstić information content (AvgIpc) is 2.92. The van der Waals surface area contributed by atoms with E-state index in [9.17, 15) is 8.78 Å². The predicted molar refractivity (Wildman–Crippen MR) is 85.2 cm³/mol. The summed E-state index contributed by atoms with van der Waals surface area (Å²) in [7, 11) is 0. The molecule has 0 amide bonds. The second-order valence-corrected chi connectivity index (χ2v) is 5.76. The van der Waals surface area contributed by atoms with Crippen LogP contribution in [0.25, 0.3) is 22.5 Å². The molecule has 0 fully saturated rings. The van der Waals surface area contributed by atoms with Crippen LogP contribution < -0.4 is 5.73 Å². The lowest BCUT2D eigenvalue weighted by Gasteiger charge is -2.11.